The second kappa shape index (κ2) is 9.91. The van der Waals surface area contributed by atoms with Gasteiger partial charge in [0.25, 0.3) is 5.91 Å². The Labute approximate surface area is 176 Å². The highest BCUT2D eigenvalue weighted by Crippen LogP contribution is 2.29. The fourth-order valence-corrected chi connectivity index (χ4v) is 3.47. The summed E-state index contributed by atoms with van der Waals surface area (Å²) < 4.78 is 10.6. The summed E-state index contributed by atoms with van der Waals surface area (Å²) in [4.78, 5) is 38.7. The molecule has 0 radical (unpaired) electrons. The first kappa shape index (κ1) is 21.4. The van der Waals surface area contributed by atoms with Crippen molar-refractivity contribution in [1.29, 1.82) is 0 Å². The third-order valence-electron chi connectivity index (χ3n) is 5.05. The molecule has 0 aliphatic carbocycles. The zero-order chi connectivity index (χ0) is 21.5. The van der Waals surface area contributed by atoms with Gasteiger partial charge in [0.2, 0.25) is 5.91 Å². The molecule has 0 bridgehead atoms. The number of ether oxygens (including phenoxy) is 2. The van der Waals surface area contributed by atoms with E-state index in [-0.39, 0.29) is 24.9 Å². The van der Waals surface area contributed by atoms with Gasteiger partial charge >= 0.3 is 5.97 Å². The molecule has 7 nitrogen and oxygen atoms in total. The summed E-state index contributed by atoms with van der Waals surface area (Å²) in [6, 6.07) is 16.6. The summed E-state index contributed by atoms with van der Waals surface area (Å²) in [5, 5.41) is 2.68. The molecule has 2 amide bonds. The number of hydrogen-bond acceptors (Lipinski definition) is 5. The highest BCUT2D eigenvalue weighted by molar-refractivity contribution is 5.94. The molecule has 30 heavy (non-hydrogen) atoms. The van der Waals surface area contributed by atoms with Gasteiger partial charge in [-0.3, -0.25) is 14.4 Å². The SMILES string of the molecule is CCOc1ccccc1NC(=O)COC(=O)[C@@H]1CC(=O)N([C@@H](C)c2ccccc2)C1. The molecular weight excluding hydrogens is 384 g/mol. The molecule has 2 aromatic rings. The molecule has 1 aliphatic rings. The molecule has 1 saturated heterocycles. The summed E-state index contributed by atoms with van der Waals surface area (Å²) in [5.74, 6) is -1.13. The van der Waals surface area contributed by atoms with E-state index >= 15 is 0 Å². The number of nitrogens with zero attached hydrogens (tertiary/aromatic N) is 1. The third kappa shape index (κ3) is 5.17. The Morgan fingerprint density at radius 3 is 2.57 bits per heavy atom. The van der Waals surface area contributed by atoms with Crippen molar-refractivity contribution >= 4 is 23.5 Å². The van der Waals surface area contributed by atoms with Crippen LogP contribution in [0.1, 0.15) is 31.9 Å². The quantitative estimate of drug-likeness (QED) is 0.676. The van der Waals surface area contributed by atoms with E-state index in [1.165, 1.54) is 0 Å². The summed E-state index contributed by atoms with van der Waals surface area (Å²) in [7, 11) is 0. The molecule has 2 atom stereocenters. The molecule has 1 N–H and O–H groups in total. The highest BCUT2D eigenvalue weighted by atomic mass is 16.5. The van der Waals surface area contributed by atoms with Crippen molar-refractivity contribution < 1.29 is 23.9 Å². The standard InChI is InChI=1S/C23H26N2O5/c1-3-29-20-12-8-7-11-19(20)24-21(26)15-30-23(28)18-13-22(27)25(14-18)16(2)17-9-5-4-6-10-17/h4-12,16,18H,3,13-15H2,1-2H3,(H,24,26)/t16-,18+/m0/s1. The van der Waals surface area contributed by atoms with Crippen molar-refractivity contribution in [2.45, 2.75) is 26.3 Å². The zero-order valence-corrected chi connectivity index (χ0v) is 17.2. The number of anilines is 1. The molecule has 1 heterocycles. The van der Waals surface area contributed by atoms with Gasteiger partial charge < -0.3 is 19.7 Å². The van der Waals surface area contributed by atoms with Gasteiger partial charge in [-0.05, 0) is 31.5 Å². The van der Waals surface area contributed by atoms with Crippen molar-refractivity contribution in [3.05, 3.63) is 60.2 Å². The summed E-state index contributed by atoms with van der Waals surface area (Å²) in [6.07, 6.45) is 0.0881. The molecule has 0 aromatic heterocycles. The maximum absolute atomic E-state index is 12.4. The third-order valence-corrected chi connectivity index (χ3v) is 5.05. The van der Waals surface area contributed by atoms with Crippen LogP contribution in [0.4, 0.5) is 5.69 Å². The normalized spacial score (nSPS) is 16.8. The van der Waals surface area contributed by atoms with Crippen LogP contribution in [0.5, 0.6) is 5.75 Å². The second-order valence-electron chi connectivity index (χ2n) is 7.12. The van der Waals surface area contributed by atoms with E-state index in [4.69, 9.17) is 9.47 Å². The van der Waals surface area contributed by atoms with E-state index in [2.05, 4.69) is 5.32 Å². The number of carbonyl (C=O) groups excluding carboxylic acids is 3. The van der Waals surface area contributed by atoms with Crippen molar-refractivity contribution in [2.24, 2.45) is 5.92 Å². The number of para-hydroxylation sites is 2. The molecule has 0 saturated carbocycles. The van der Waals surface area contributed by atoms with E-state index < -0.39 is 24.4 Å². The van der Waals surface area contributed by atoms with Gasteiger partial charge in [0.1, 0.15) is 5.75 Å². The molecule has 2 aromatic carbocycles. The lowest BCUT2D eigenvalue weighted by molar-refractivity contribution is -0.151. The summed E-state index contributed by atoms with van der Waals surface area (Å²) in [5.41, 5.74) is 1.52. The molecular formula is C23H26N2O5. The van der Waals surface area contributed by atoms with E-state index in [0.717, 1.165) is 5.56 Å². The predicted octanol–water partition coefficient (Wildman–Crippen LogP) is 3.18. The molecule has 1 fully saturated rings. The zero-order valence-electron chi connectivity index (χ0n) is 17.2. The second-order valence-corrected chi connectivity index (χ2v) is 7.12. The van der Waals surface area contributed by atoms with E-state index in [1.807, 2.05) is 44.2 Å². The van der Waals surface area contributed by atoms with Crippen LogP contribution < -0.4 is 10.1 Å². The Hall–Kier alpha value is -3.35. The average Bonchev–Trinajstić information content (AvgIpc) is 3.15. The Morgan fingerprint density at radius 1 is 1.13 bits per heavy atom. The van der Waals surface area contributed by atoms with E-state index in [1.54, 1.807) is 29.2 Å². The first-order chi connectivity index (χ1) is 14.5. The van der Waals surface area contributed by atoms with Crippen LogP contribution in [0.2, 0.25) is 0 Å². The number of esters is 1. The molecule has 158 valence electrons. The Morgan fingerprint density at radius 2 is 1.83 bits per heavy atom. The van der Waals surface area contributed by atoms with Gasteiger partial charge in [0.15, 0.2) is 6.61 Å². The van der Waals surface area contributed by atoms with Crippen LogP contribution in [0.25, 0.3) is 0 Å². The van der Waals surface area contributed by atoms with Gasteiger partial charge in [0.05, 0.1) is 24.3 Å². The Balaban J connectivity index is 1.52. The van der Waals surface area contributed by atoms with Crippen molar-refractivity contribution in [3.8, 4) is 5.75 Å². The fourth-order valence-electron chi connectivity index (χ4n) is 3.47. The first-order valence-electron chi connectivity index (χ1n) is 10.0. The number of likely N-dealkylation sites (tertiary alicyclic amines) is 1. The van der Waals surface area contributed by atoms with Crippen LogP contribution >= 0.6 is 0 Å². The number of nitrogens with one attached hydrogen (secondary N) is 1. The lowest BCUT2D eigenvalue weighted by Crippen LogP contribution is -2.30. The highest BCUT2D eigenvalue weighted by Gasteiger charge is 2.38. The van der Waals surface area contributed by atoms with Crippen LogP contribution in [-0.2, 0) is 19.1 Å². The Kier molecular flexibility index (Phi) is 7.06. The van der Waals surface area contributed by atoms with Crippen LogP contribution in [0.15, 0.2) is 54.6 Å². The monoisotopic (exact) mass is 410 g/mol. The minimum Gasteiger partial charge on any atom is -0.492 e. The van der Waals surface area contributed by atoms with Gasteiger partial charge in [-0.25, -0.2) is 0 Å². The van der Waals surface area contributed by atoms with Crippen LogP contribution in [-0.4, -0.2) is 42.4 Å². The number of benzene rings is 2. The van der Waals surface area contributed by atoms with Gasteiger partial charge in [-0.2, -0.15) is 0 Å². The van der Waals surface area contributed by atoms with E-state index in [9.17, 15) is 14.4 Å². The van der Waals surface area contributed by atoms with Gasteiger partial charge in [-0.15, -0.1) is 0 Å². The van der Waals surface area contributed by atoms with Gasteiger partial charge in [0, 0.05) is 13.0 Å². The topological polar surface area (TPSA) is 84.9 Å². The maximum atomic E-state index is 12.4. The first-order valence-corrected chi connectivity index (χ1v) is 10.0. The summed E-state index contributed by atoms with van der Waals surface area (Å²) >= 11 is 0. The van der Waals surface area contributed by atoms with Crippen LogP contribution in [0, 0.1) is 5.92 Å². The Bertz CT molecular complexity index is 899. The fraction of sp³-hybridized carbons (Fsp3) is 0.348. The largest absolute Gasteiger partial charge is 0.492 e. The minimum atomic E-state index is -0.577. The predicted molar refractivity (Wildman–Crippen MR) is 112 cm³/mol. The van der Waals surface area contributed by atoms with Crippen molar-refractivity contribution in [1.82, 2.24) is 4.90 Å². The molecule has 0 unspecified atom stereocenters. The minimum absolute atomic E-state index is 0.0881. The lowest BCUT2D eigenvalue weighted by atomic mass is 10.1. The lowest BCUT2D eigenvalue weighted by Gasteiger charge is -2.25. The van der Waals surface area contributed by atoms with Crippen LogP contribution in [0.3, 0.4) is 0 Å². The van der Waals surface area contributed by atoms with Crippen molar-refractivity contribution in [2.75, 3.05) is 25.1 Å². The summed E-state index contributed by atoms with van der Waals surface area (Å²) in [6.45, 7) is 4.12. The molecule has 0 spiro atoms. The van der Waals surface area contributed by atoms with Gasteiger partial charge in [-0.1, -0.05) is 42.5 Å². The molecule has 7 heteroatoms. The number of hydrogen-bond donors (Lipinski definition) is 1. The number of carbonyl (C=O) groups is 3. The molecule has 1 aliphatic heterocycles. The number of amides is 2. The average molecular weight is 410 g/mol. The smallest absolute Gasteiger partial charge is 0.311 e. The van der Waals surface area contributed by atoms with E-state index in [0.29, 0.717) is 18.0 Å². The maximum Gasteiger partial charge on any atom is 0.311 e. The number of rotatable bonds is 8. The van der Waals surface area contributed by atoms with Crippen molar-refractivity contribution in [3.63, 3.8) is 0 Å². The molecule has 3 rings (SSSR count).